The highest BCUT2D eigenvalue weighted by Gasteiger charge is 2.69. The van der Waals surface area contributed by atoms with Crippen molar-refractivity contribution < 1.29 is 14.6 Å². The van der Waals surface area contributed by atoms with Crippen LogP contribution in [-0.4, -0.2) is 54.7 Å². The lowest BCUT2D eigenvalue weighted by Crippen LogP contribution is -2.66. The molecule has 7 rings (SSSR count). The Balaban J connectivity index is 1.07. The van der Waals surface area contributed by atoms with E-state index in [1.54, 1.807) is 0 Å². The third kappa shape index (κ3) is 5.03. The van der Waals surface area contributed by atoms with Gasteiger partial charge in [-0.2, -0.15) is 0 Å². The molecule has 1 heterocycles. The molecule has 13 atom stereocenters. The quantitative estimate of drug-likeness (QED) is 0.304. The molecule has 0 aromatic carbocycles. The first-order chi connectivity index (χ1) is 21.3. The zero-order chi connectivity index (χ0) is 31.9. The van der Waals surface area contributed by atoms with E-state index >= 15 is 0 Å². The van der Waals surface area contributed by atoms with Gasteiger partial charge in [0.15, 0.2) is 0 Å². The molecule has 6 aliphatic carbocycles. The summed E-state index contributed by atoms with van der Waals surface area (Å²) < 4.78 is 5.55. The van der Waals surface area contributed by atoms with Gasteiger partial charge >= 0.3 is 0 Å². The number of ether oxygens (including phenoxy) is 1. The average Bonchev–Trinajstić information content (AvgIpc) is 3.60. The highest BCUT2D eigenvalue weighted by molar-refractivity contribution is 5.82. The third-order valence-corrected chi connectivity index (χ3v) is 16.7. The smallest absolute Gasteiger partial charge is 0.136 e. The summed E-state index contributed by atoms with van der Waals surface area (Å²) in [5.41, 5.74) is 2.30. The van der Waals surface area contributed by atoms with Crippen LogP contribution in [0.5, 0.6) is 0 Å². The van der Waals surface area contributed by atoms with E-state index in [2.05, 4.69) is 65.2 Å². The highest BCUT2D eigenvalue weighted by Crippen LogP contribution is 2.76. The molecule has 0 aromatic heterocycles. The van der Waals surface area contributed by atoms with Crippen LogP contribution in [-0.2, 0) is 9.53 Å². The number of nitrogens with zero attached hydrogens (tertiary/aromatic N) is 1. The Morgan fingerprint density at radius 2 is 1.58 bits per heavy atom. The van der Waals surface area contributed by atoms with Crippen LogP contribution in [0.4, 0.5) is 0 Å². The molecule has 1 saturated heterocycles. The van der Waals surface area contributed by atoms with Crippen LogP contribution in [0, 0.1) is 74.9 Å². The fourth-order valence-electron chi connectivity index (χ4n) is 14.2. The van der Waals surface area contributed by atoms with E-state index < -0.39 is 0 Å². The number of Topliss-reactive ketones (excluding diaryl/α,β-unsaturated/α-hetero) is 1. The number of allylic oxidation sites excluding steroid dienone is 2. The Hall–Kier alpha value is -0.970. The number of aliphatic hydroxyl groups excluding tert-OH is 1. The van der Waals surface area contributed by atoms with Crippen LogP contribution in [0.15, 0.2) is 24.3 Å². The second-order valence-electron chi connectivity index (χ2n) is 18.8. The molecule has 0 radical (unpaired) electrons. The maximum absolute atomic E-state index is 14.2. The Bertz CT molecular complexity index is 1190. The second-order valence-corrected chi connectivity index (χ2v) is 18.8. The van der Waals surface area contributed by atoms with Crippen molar-refractivity contribution >= 4 is 5.78 Å². The van der Waals surface area contributed by atoms with E-state index in [0.717, 1.165) is 64.4 Å². The van der Waals surface area contributed by atoms with Crippen LogP contribution in [0.2, 0.25) is 0 Å². The van der Waals surface area contributed by atoms with Gasteiger partial charge < -0.3 is 9.84 Å². The van der Waals surface area contributed by atoms with Crippen molar-refractivity contribution in [2.24, 2.45) is 74.9 Å². The molecule has 45 heavy (non-hydrogen) atoms. The van der Waals surface area contributed by atoms with Crippen molar-refractivity contribution in [3.8, 4) is 0 Å². The molecule has 1 N–H and O–H groups in total. The second kappa shape index (κ2) is 11.6. The number of fused-ring (bicyclic) bond motifs is 7. The van der Waals surface area contributed by atoms with Crippen LogP contribution in [0.3, 0.4) is 0 Å². The van der Waals surface area contributed by atoms with Gasteiger partial charge in [-0.25, -0.2) is 0 Å². The summed E-state index contributed by atoms with van der Waals surface area (Å²) in [5, 5.41) is 11.1. The van der Waals surface area contributed by atoms with Gasteiger partial charge in [-0.3, -0.25) is 9.69 Å². The van der Waals surface area contributed by atoms with Crippen molar-refractivity contribution in [3.05, 3.63) is 24.3 Å². The SMILES string of the molecule is C=C(C)[C@@H]1C[C@@H](C(=O)C[C@@H]2C=CC(CN3CCOCC3)C2)C2CC[C@]3(C)[C@H](CC[C@@H]4[C@@]5(C)CC[C@H](O)C(C)(C)[C@@H]5CC[C@]43C)[C@H]21. The molecular weight excluding hydrogens is 554 g/mol. The van der Waals surface area contributed by atoms with Crippen LogP contribution in [0.25, 0.3) is 0 Å². The number of carbonyl (C=O) groups is 1. The standard InChI is InChI=1S/C41H65NO3/c1-26(2)30-24-31(33(43)23-27-8-9-28(22-27)25-42-18-20-45-21-19-42)29-12-16-40(6)32(37(29)30)10-11-35-39(5)15-14-36(44)38(3,4)34(39)13-17-41(35,40)7/h8-9,27-32,34-37,44H,1,10-25H2,2-7H3/t27-,28?,29?,30+,31-,32-,34+,35-,36+,37-,39+,40-,41-/m1/s1. The van der Waals surface area contributed by atoms with Crippen molar-refractivity contribution in [2.45, 2.75) is 118 Å². The largest absolute Gasteiger partial charge is 0.393 e. The molecule has 2 unspecified atom stereocenters. The molecule has 0 aromatic rings. The monoisotopic (exact) mass is 619 g/mol. The van der Waals surface area contributed by atoms with Gasteiger partial charge in [0, 0.05) is 32.0 Å². The van der Waals surface area contributed by atoms with E-state index in [1.165, 1.54) is 50.5 Å². The summed E-state index contributed by atoms with van der Waals surface area (Å²) in [6.45, 7) is 24.5. The summed E-state index contributed by atoms with van der Waals surface area (Å²) in [4.78, 5) is 16.8. The zero-order valence-corrected chi connectivity index (χ0v) is 29.7. The fourth-order valence-corrected chi connectivity index (χ4v) is 14.2. The van der Waals surface area contributed by atoms with E-state index in [9.17, 15) is 9.90 Å². The lowest BCUT2D eigenvalue weighted by molar-refractivity contribution is -0.241. The van der Waals surface area contributed by atoms with E-state index in [4.69, 9.17) is 4.74 Å². The topological polar surface area (TPSA) is 49.8 Å². The summed E-state index contributed by atoms with van der Waals surface area (Å²) in [6.07, 6.45) is 17.4. The maximum Gasteiger partial charge on any atom is 0.136 e. The van der Waals surface area contributed by atoms with Crippen molar-refractivity contribution in [1.29, 1.82) is 0 Å². The minimum absolute atomic E-state index is 0.00482. The van der Waals surface area contributed by atoms with Gasteiger partial charge in [0.2, 0.25) is 0 Å². The van der Waals surface area contributed by atoms with Gasteiger partial charge in [0.1, 0.15) is 5.78 Å². The molecule has 0 spiro atoms. The van der Waals surface area contributed by atoms with E-state index in [0.29, 0.717) is 63.5 Å². The number of hydrogen-bond donors (Lipinski definition) is 1. The molecule has 0 bridgehead atoms. The van der Waals surface area contributed by atoms with Crippen molar-refractivity contribution in [1.82, 2.24) is 4.90 Å². The minimum atomic E-state index is -0.165. The number of carbonyl (C=O) groups excluding carboxylic acids is 1. The Labute approximate surface area is 275 Å². The Morgan fingerprint density at radius 3 is 2.31 bits per heavy atom. The Morgan fingerprint density at radius 1 is 0.867 bits per heavy atom. The molecule has 0 amide bonds. The molecule has 252 valence electrons. The van der Waals surface area contributed by atoms with Crippen LogP contribution >= 0.6 is 0 Å². The molecule has 4 nitrogen and oxygen atoms in total. The number of aliphatic hydroxyl groups is 1. The van der Waals surface area contributed by atoms with Gasteiger partial charge in [0.05, 0.1) is 19.3 Å². The molecule has 5 saturated carbocycles. The first-order valence-corrected chi connectivity index (χ1v) is 19.1. The molecule has 4 heteroatoms. The lowest BCUT2D eigenvalue weighted by Gasteiger charge is -2.72. The number of morpholine rings is 1. The molecule has 6 fully saturated rings. The molecular formula is C41H65NO3. The van der Waals surface area contributed by atoms with Crippen molar-refractivity contribution in [2.75, 3.05) is 32.8 Å². The average molecular weight is 620 g/mol. The van der Waals surface area contributed by atoms with Crippen LogP contribution in [0.1, 0.15) is 112 Å². The highest BCUT2D eigenvalue weighted by atomic mass is 16.5. The van der Waals surface area contributed by atoms with Gasteiger partial charge in [-0.05, 0) is 140 Å². The Kier molecular flexibility index (Phi) is 8.38. The lowest BCUT2D eigenvalue weighted by atomic mass is 9.33. The maximum atomic E-state index is 14.2. The summed E-state index contributed by atoms with van der Waals surface area (Å²) in [7, 11) is 0. The van der Waals surface area contributed by atoms with Gasteiger partial charge in [0.25, 0.3) is 0 Å². The van der Waals surface area contributed by atoms with Gasteiger partial charge in [-0.15, -0.1) is 0 Å². The predicted molar refractivity (Wildman–Crippen MR) is 183 cm³/mol. The first-order valence-electron chi connectivity index (χ1n) is 19.1. The van der Waals surface area contributed by atoms with Gasteiger partial charge in [-0.1, -0.05) is 58.9 Å². The summed E-state index contributed by atoms with van der Waals surface area (Å²) >= 11 is 0. The number of ketones is 1. The molecule has 7 aliphatic rings. The van der Waals surface area contributed by atoms with E-state index in [1.807, 2.05) is 0 Å². The zero-order valence-electron chi connectivity index (χ0n) is 29.7. The third-order valence-electron chi connectivity index (χ3n) is 16.7. The van der Waals surface area contributed by atoms with E-state index in [-0.39, 0.29) is 17.4 Å². The summed E-state index contributed by atoms with van der Waals surface area (Å²) in [6, 6.07) is 0. The predicted octanol–water partition coefficient (Wildman–Crippen LogP) is 8.34. The molecule has 1 aliphatic heterocycles. The number of hydrogen-bond acceptors (Lipinski definition) is 4. The first kappa shape index (κ1) is 32.6. The number of rotatable bonds is 6. The normalized spacial score (nSPS) is 50.7. The fraction of sp³-hybridized carbons (Fsp3) is 0.878. The minimum Gasteiger partial charge on any atom is -0.393 e. The summed E-state index contributed by atoms with van der Waals surface area (Å²) in [5.74, 6) is 5.50. The van der Waals surface area contributed by atoms with Crippen molar-refractivity contribution in [3.63, 3.8) is 0 Å². The van der Waals surface area contributed by atoms with Crippen LogP contribution < -0.4 is 0 Å².